The number of nitrogens with two attached hydrogens (primary N) is 1. The Kier molecular flexibility index (Phi) is 9.25. The number of aliphatic hydroxyl groups excluding tert-OH is 1. The van der Waals surface area contributed by atoms with Gasteiger partial charge in [-0.25, -0.2) is 0 Å². The Morgan fingerprint density at radius 3 is 2.44 bits per heavy atom. The summed E-state index contributed by atoms with van der Waals surface area (Å²) in [6.45, 7) is 5.63. The van der Waals surface area contributed by atoms with Crippen molar-refractivity contribution in [3.63, 3.8) is 0 Å². The van der Waals surface area contributed by atoms with Crippen molar-refractivity contribution in [3.8, 4) is 5.75 Å². The molecule has 1 aliphatic rings. The second-order valence-corrected chi connectivity index (χ2v) is 12.3. The molecule has 1 fully saturated rings. The van der Waals surface area contributed by atoms with Crippen LogP contribution in [0.25, 0.3) is 0 Å². The second-order valence-electron chi connectivity index (χ2n) is 10.7. The first-order valence-corrected chi connectivity index (χ1v) is 14.3. The predicted octanol–water partition coefficient (Wildman–Crippen LogP) is 2.98. The van der Waals surface area contributed by atoms with Gasteiger partial charge in [-0.2, -0.15) is 0 Å². The average molecular weight is 577 g/mol. The Labute approximate surface area is 244 Å². The number of nitrogens with zero attached hydrogens (tertiary/aromatic N) is 1. The standard InChI is InChI=1S/C31H36N4O5S/c1-19-23(13-8-14-25(19)36)28(38)34-24(16-20-9-5-4-6-10-20)26(37)30(40)35-18-41-31(2,3)27(35)29(39)33-17-21-11-7-12-22(32)15-21/h4-15,24,26-27,36-37H,16-18,32H2,1-3H3,(H,33,39)(H,34,38)/t24-,26-,27+/m0/s1. The van der Waals surface area contributed by atoms with Crippen LogP contribution in [0.5, 0.6) is 5.75 Å². The summed E-state index contributed by atoms with van der Waals surface area (Å²) >= 11 is 1.44. The normalized spacial score (nSPS) is 17.5. The van der Waals surface area contributed by atoms with Gasteiger partial charge in [-0.3, -0.25) is 14.4 Å². The molecule has 0 aliphatic carbocycles. The van der Waals surface area contributed by atoms with Crippen LogP contribution in [0, 0.1) is 6.92 Å². The van der Waals surface area contributed by atoms with Crippen molar-refractivity contribution in [2.24, 2.45) is 0 Å². The molecule has 1 aliphatic heterocycles. The lowest BCUT2D eigenvalue weighted by atomic mass is 9.96. The van der Waals surface area contributed by atoms with E-state index >= 15 is 0 Å². The number of aliphatic hydroxyl groups is 1. The summed E-state index contributed by atoms with van der Waals surface area (Å²) in [7, 11) is 0. The Bertz CT molecular complexity index is 1410. The van der Waals surface area contributed by atoms with E-state index in [9.17, 15) is 24.6 Å². The van der Waals surface area contributed by atoms with Crippen molar-refractivity contribution < 1.29 is 24.6 Å². The number of benzene rings is 3. The summed E-state index contributed by atoms with van der Waals surface area (Å²) in [6.07, 6.45) is -1.45. The zero-order valence-corrected chi connectivity index (χ0v) is 24.2. The van der Waals surface area contributed by atoms with Crippen LogP contribution in [0.2, 0.25) is 0 Å². The number of anilines is 1. The number of rotatable bonds is 9. The monoisotopic (exact) mass is 576 g/mol. The highest BCUT2D eigenvalue weighted by Crippen LogP contribution is 2.40. The zero-order chi connectivity index (χ0) is 29.7. The fraction of sp³-hybridized carbons (Fsp3) is 0.323. The molecule has 4 rings (SSSR count). The molecule has 216 valence electrons. The Balaban J connectivity index is 1.55. The van der Waals surface area contributed by atoms with Gasteiger partial charge >= 0.3 is 0 Å². The molecular formula is C31H36N4O5S. The molecule has 0 aromatic heterocycles. The van der Waals surface area contributed by atoms with E-state index in [0.29, 0.717) is 11.3 Å². The maximum atomic E-state index is 13.8. The number of aromatic hydroxyl groups is 1. The van der Waals surface area contributed by atoms with E-state index in [1.54, 1.807) is 37.3 Å². The number of hydrogen-bond acceptors (Lipinski definition) is 7. The van der Waals surface area contributed by atoms with Crippen molar-refractivity contribution in [1.82, 2.24) is 15.5 Å². The van der Waals surface area contributed by atoms with Gasteiger partial charge in [-0.05, 0) is 62.6 Å². The molecule has 3 aromatic carbocycles. The molecule has 3 aromatic rings. The fourth-order valence-corrected chi connectivity index (χ4v) is 6.11. The minimum Gasteiger partial charge on any atom is -0.508 e. The molecule has 6 N–H and O–H groups in total. The molecule has 1 saturated heterocycles. The molecule has 9 nitrogen and oxygen atoms in total. The fourth-order valence-electron chi connectivity index (χ4n) is 4.97. The minimum absolute atomic E-state index is 0.0303. The van der Waals surface area contributed by atoms with Gasteiger partial charge in [0.05, 0.1) is 11.9 Å². The second kappa shape index (κ2) is 12.7. The smallest absolute Gasteiger partial charge is 0.254 e. The Hall–Kier alpha value is -4.02. The van der Waals surface area contributed by atoms with Gasteiger partial charge in [0.2, 0.25) is 5.91 Å². The first-order valence-electron chi connectivity index (χ1n) is 13.4. The van der Waals surface area contributed by atoms with Crippen LogP contribution in [0.4, 0.5) is 5.69 Å². The summed E-state index contributed by atoms with van der Waals surface area (Å²) in [5.41, 5.74) is 8.70. The van der Waals surface area contributed by atoms with Crippen LogP contribution in [0.15, 0.2) is 72.8 Å². The third-order valence-electron chi connectivity index (χ3n) is 7.29. The van der Waals surface area contributed by atoms with E-state index in [0.717, 1.165) is 11.1 Å². The third kappa shape index (κ3) is 7.01. The van der Waals surface area contributed by atoms with Crippen LogP contribution >= 0.6 is 11.8 Å². The summed E-state index contributed by atoms with van der Waals surface area (Å²) in [4.78, 5) is 41.9. The molecule has 0 radical (unpaired) electrons. The number of amides is 3. The predicted molar refractivity (Wildman–Crippen MR) is 160 cm³/mol. The Morgan fingerprint density at radius 1 is 1.05 bits per heavy atom. The number of carbonyl (C=O) groups excluding carboxylic acids is 3. The molecular weight excluding hydrogens is 540 g/mol. The van der Waals surface area contributed by atoms with Crippen LogP contribution in [-0.4, -0.2) is 61.6 Å². The highest BCUT2D eigenvalue weighted by atomic mass is 32.2. The maximum Gasteiger partial charge on any atom is 0.254 e. The lowest BCUT2D eigenvalue weighted by Crippen LogP contribution is -2.58. The van der Waals surface area contributed by atoms with Crippen LogP contribution in [0.3, 0.4) is 0 Å². The number of phenolic OH excluding ortho intramolecular Hbond substituents is 1. The molecule has 41 heavy (non-hydrogen) atoms. The van der Waals surface area contributed by atoms with Crippen molar-refractivity contribution in [2.45, 2.75) is 56.7 Å². The Morgan fingerprint density at radius 2 is 1.73 bits per heavy atom. The third-order valence-corrected chi connectivity index (χ3v) is 8.67. The molecule has 3 amide bonds. The van der Waals surface area contributed by atoms with E-state index in [1.165, 1.54) is 22.7 Å². The van der Waals surface area contributed by atoms with E-state index < -0.39 is 34.7 Å². The number of hydrogen-bond donors (Lipinski definition) is 5. The summed E-state index contributed by atoms with van der Waals surface area (Å²) in [6, 6.07) is 19.2. The molecule has 0 saturated carbocycles. The SMILES string of the molecule is Cc1c(O)cccc1C(=O)N[C@@H](Cc1ccccc1)[C@H](O)C(=O)N1CSC(C)(C)[C@H]1C(=O)NCc1cccc(N)c1. The first kappa shape index (κ1) is 30.0. The van der Waals surface area contributed by atoms with Gasteiger partial charge in [-0.15, -0.1) is 11.8 Å². The van der Waals surface area contributed by atoms with Crippen LogP contribution in [-0.2, 0) is 22.6 Å². The highest BCUT2D eigenvalue weighted by molar-refractivity contribution is 8.00. The van der Waals surface area contributed by atoms with Gasteiger partial charge in [0.15, 0.2) is 6.10 Å². The number of phenols is 1. The molecule has 1 heterocycles. The van der Waals surface area contributed by atoms with Gasteiger partial charge in [0, 0.05) is 28.1 Å². The number of carbonyl (C=O) groups is 3. The molecule has 0 bridgehead atoms. The summed E-state index contributed by atoms with van der Waals surface area (Å²) in [5, 5.41) is 27.2. The lowest BCUT2D eigenvalue weighted by Gasteiger charge is -2.33. The van der Waals surface area contributed by atoms with Crippen molar-refractivity contribution in [1.29, 1.82) is 0 Å². The van der Waals surface area contributed by atoms with E-state index in [-0.39, 0.29) is 36.1 Å². The average Bonchev–Trinajstić information content (AvgIpc) is 3.27. The van der Waals surface area contributed by atoms with Crippen molar-refractivity contribution >= 4 is 35.2 Å². The molecule has 0 unspecified atom stereocenters. The summed E-state index contributed by atoms with van der Waals surface area (Å²) < 4.78 is -0.619. The zero-order valence-electron chi connectivity index (χ0n) is 23.3. The van der Waals surface area contributed by atoms with E-state index in [2.05, 4.69) is 10.6 Å². The highest BCUT2D eigenvalue weighted by Gasteiger charge is 2.49. The number of thioether (sulfide) groups is 1. The van der Waals surface area contributed by atoms with Gasteiger partial charge in [0.1, 0.15) is 11.8 Å². The van der Waals surface area contributed by atoms with E-state index in [4.69, 9.17) is 5.73 Å². The van der Waals surface area contributed by atoms with Crippen molar-refractivity contribution in [2.75, 3.05) is 11.6 Å². The minimum atomic E-state index is -1.63. The number of nitrogen functional groups attached to an aromatic ring is 1. The van der Waals surface area contributed by atoms with Crippen LogP contribution in [0.1, 0.15) is 40.9 Å². The molecule has 0 spiro atoms. The van der Waals surface area contributed by atoms with Crippen LogP contribution < -0.4 is 16.4 Å². The van der Waals surface area contributed by atoms with E-state index in [1.807, 2.05) is 50.2 Å². The molecule has 10 heteroatoms. The van der Waals surface area contributed by atoms with Gasteiger partial charge < -0.3 is 31.5 Å². The lowest BCUT2D eigenvalue weighted by molar-refractivity contribution is -0.147. The summed E-state index contributed by atoms with van der Waals surface area (Å²) in [5.74, 6) is -1.35. The number of nitrogens with one attached hydrogen (secondary N) is 2. The van der Waals surface area contributed by atoms with Gasteiger partial charge in [0.25, 0.3) is 11.8 Å². The van der Waals surface area contributed by atoms with Gasteiger partial charge in [-0.1, -0.05) is 48.5 Å². The first-order chi connectivity index (χ1) is 19.5. The largest absolute Gasteiger partial charge is 0.508 e. The topological polar surface area (TPSA) is 145 Å². The van der Waals surface area contributed by atoms with Crippen molar-refractivity contribution in [3.05, 3.63) is 95.1 Å². The quantitative estimate of drug-likeness (QED) is 0.246. The maximum absolute atomic E-state index is 13.8. The molecule has 3 atom stereocenters.